The van der Waals surface area contributed by atoms with Crippen molar-refractivity contribution in [1.29, 1.82) is 0 Å². The standard InChI is InChI=1S/C20H17N5O/c1-13-11-21-9-7-14(13)18-19(25-10-4-8-22-20(25)24-18)17-12-23-15-5-2-3-6-16(15)26-17/h2-11,17,23H,12H2,1H3. The fourth-order valence-corrected chi connectivity index (χ4v) is 3.42. The number of hydrogen-bond donors (Lipinski definition) is 1. The summed E-state index contributed by atoms with van der Waals surface area (Å²) in [6, 6.07) is 11.9. The van der Waals surface area contributed by atoms with Crippen LogP contribution in [0.15, 0.2) is 61.2 Å². The molecule has 0 aliphatic carbocycles. The van der Waals surface area contributed by atoms with Crippen LogP contribution in [-0.2, 0) is 0 Å². The fraction of sp³-hybridized carbons (Fsp3) is 0.150. The second kappa shape index (κ2) is 5.84. The first-order chi connectivity index (χ1) is 12.8. The first-order valence-electron chi connectivity index (χ1n) is 8.55. The van der Waals surface area contributed by atoms with E-state index >= 15 is 0 Å². The van der Waals surface area contributed by atoms with E-state index in [0.29, 0.717) is 12.3 Å². The Bertz CT molecular complexity index is 1100. The van der Waals surface area contributed by atoms with Gasteiger partial charge in [-0.1, -0.05) is 12.1 Å². The first-order valence-corrected chi connectivity index (χ1v) is 8.55. The Morgan fingerprint density at radius 1 is 1.15 bits per heavy atom. The molecule has 26 heavy (non-hydrogen) atoms. The van der Waals surface area contributed by atoms with E-state index in [-0.39, 0.29) is 6.10 Å². The highest BCUT2D eigenvalue weighted by Crippen LogP contribution is 2.37. The van der Waals surface area contributed by atoms with Crippen LogP contribution in [0, 0.1) is 6.92 Å². The molecule has 0 spiro atoms. The van der Waals surface area contributed by atoms with Crippen molar-refractivity contribution in [2.45, 2.75) is 13.0 Å². The molecule has 1 unspecified atom stereocenters. The zero-order valence-electron chi connectivity index (χ0n) is 14.3. The van der Waals surface area contributed by atoms with Crippen LogP contribution in [0.2, 0.25) is 0 Å². The van der Waals surface area contributed by atoms with Gasteiger partial charge in [-0.15, -0.1) is 0 Å². The van der Waals surface area contributed by atoms with Gasteiger partial charge in [0.25, 0.3) is 0 Å². The number of hydrogen-bond acceptors (Lipinski definition) is 5. The number of anilines is 1. The monoisotopic (exact) mass is 343 g/mol. The largest absolute Gasteiger partial charge is 0.480 e. The minimum Gasteiger partial charge on any atom is -0.480 e. The minimum atomic E-state index is -0.174. The maximum absolute atomic E-state index is 6.32. The van der Waals surface area contributed by atoms with Crippen molar-refractivity contribution in [1.82, 2.24) is 19.4 Å². The lowest BCUT2D eigenvalue weighted by atomic mass is 10.0. The average Bonchev–Trinajstić information content (AvgIpc) is 3.07. The molecule has 3 aromatic heterocycles. The smallest absolute Gasteiger partial charge is 0.234 e. The van der Waals surface area contributed by atoms with Gasteiger partial charge in [-0.05, 0) is 36.8 Å². The van der Waals surface area contributed by atoms with Crippen molar-refractivity contribution in [3.05, 3.63) is 72.4 Å². The summed E-state index contributed by atoms with van der Waals surface area (Å²) in [5, 5.41) is 3.46. The van der Waals surface area contributed by atoms with Crippen molar-refractivity contribution in [2.75, 3.05) is 11.9 Å². The Kier molecular flexibility index (Phi) is 3.35. The van der Waals surface area contributed by atoms with Crippen LogP contribution in [0.5, 0.6) is 5.75 Å². The molecule has 1 aliphatic rings. The number of ether oxygens (including phenoxy) is 1. The third-order valence-electron chi connectivity index (χ3n) is 4.66. The molecule has 128 valence electrons. The zero-order valence-corrected chi connectivity index (χ0v) is 14.3. The maximum Gasteiger partial charge on any atom is 0.234 e. The van der Waals surface area contributed by atoms with Crippen molar-refractivity contribution in [3.8, 4) is 17.0 Å². The highest BCUT2D eigenvalue weighted by atomic mass is 16.5. The molecule has 0 fully saturated rings. The van der Waals surface area contributed by atoms with Gasteiger partial charge in [-0.3, -0.25) is 9.38 Å². The van der Waals surface area contributed by atoms with E-state index in [9.17, 15) is 0 Å². The third kappa shape index (κ3) is 2.30. The van der Waals surface area contributed by atoms with Gasteiger partial charge in [-0.2, -0.15) is 0 Å². The van der Waals surface area contributed by atoms with Crippen LogP contribution in [0.1, 0.15) is 17.4 Å². The highest BCUT2D eigenvalue weighted by Gasteiger charge is 2.28. The van der Waals surface area contributed by atoms with E-state index in [0.717, 1.165) is 34.0 Å². The van der Waals surface area contributed by atoms with Gasteiger partial charge in [0.2, 0.25) is 5.78 Å². The molecule has 4 aromatic rings. The Hall–Kier alpha value is -3.41. The van der Waals surface area contributed by atoms with Gasteiger partial charge < -0.3 is 10.1 Å². The molecule has 6 nitrogen and oxygen atoms in total. The van der Waals surface area contributed by atoms with Crippen LogP contribution in [-0.4, -0.2) is 25.9 Å². The average molecular weight is 343 g/mol. The Morgan fingerprint density at radius 3 is 3.00 bits per heavy atom. The van der Waals surface area contributed by atoms with Crippen molar-refractivity contribution < 1.29 is 4.74 Å². The summed E-state index contributed by atoms with van der Waals surface area (Å²) in [5.74, 6) is 1.51. The van der Waals surface area contributed by atoms with E-state index in [2.05, 4.69) is 15.3 Å². The number of fused-ring (bicyclic) bond motifs is 2. The third-order valence-corrected chi connectivity index (χ3v) is 4.66. The van der Waals surface area contributed by atoms with Gasteiger partial charge >= 0.3 is 0 Å². The van der Waals surface area contributed by atoms with E-state index in [1.165, 1.54) is 0 Å². The predicted octanol–water partition coefficient (Wildman–Crippen LogP) is 3.65. The van der Waals surface area contributed by atoms with Crippen molar-refractivity contribution in [3.63, 3.8) is 0 Å². The number of benzene rings is 1. The molecule has 1 atom stereocenters. The summed E-state index contributed by atoms with van der Waals surface area (Å²) in [7, 11) is 0. The number of aryl methyl sites for hydroxylation is 1. The number of imidazole rings is 1. The lowest BCUT2D eigenvalue weighted by Crippen LogP contribution is -2.25. The Morgan fingerprint density at radius 2 is 2.08 bits per heavy atom. The lowest BCUT2D eigenvalue weighted by molar-refractivity contribution is 0.205. The molecule has 0 saturated heterocycles. The molecule has 1 aromatic carbocycles. The topological polar surface area (TPSA) is 64.3 Å². The molecular formula is C20H17N5O. The van der Waals surface area contributed by atoms with E-state index in [1.807, 2.05) is 60.1 Å². The molecule has 0 radical (unpaired) electrons. The summed E-state index contributed by atoms with van der Waals surface area (Å²) in [6.45, 7) is 2.70. The van der Waals surface area contributed by atoms with Gasteiger partial charge in [0.05, 0.1) is 23.6 Å². The van der Waals surface area contributed by atoms with Crippen molar-refractivity contribution in [2.24, 2.45) is 0 Å². The number of rotatable bonds is 2. The van der Waals surface area contributed by atoms with Crippen LogP contribution in [0.25, 0.3) is 17.0 Å². The Balaban J connectivity index is 1.70. The summed E-state index contributed by atoms with van der Waals surface area (Å²) < 4.78 is 8.33. The summed E-state index contributed by atoms with van der Waals surface area (Å²) in [6.07, 6.45) is 7.20. The number of para-hydroxylation sites is 2. The summed E-state index contributed by atoms with van der Waals surface area (Å²) >= 11 is 0. The fourth-order valence-electron chi connectivity index (χ4n) is 3.42. The molecule has 1 N–H and O–H groups in total. The normalized spacial score (nSPS) is 16.0. The second-order valence-electron chi connectivity index (χ2n) is 6.31. The predicted molar refractivity (Wildman–Crippen MR) is 99.3 cm³/mol. The quantitative estimate of drug-likeness (QED) is 0.602. The molecule has 4 heterocycles. The number of aromatic nitrogens is 4. The molecule has 6 heteroatoms. The molecule has 0 bridgehead atoms. The van der Waals surface area contributed by atoms with E-state index < -0.39 is 0 Å². The van der Waals surface area contributed by atoms with Gasteiger partial charge in [0.1, 0.15) is 5.75 Å². The number of nitrogens with one attached hydrogen (secondary N) is 1. The molecule has 0 amide bonds. The van der Waals surface area contributed by atoms with Gasteiger partial charge in [0.15, 0.2) is 6.10 Å². The summed E-state index contributed by atoms with van der Waals surface area (Å²) in [5.41, 5.74) is 5.00. The zero-order chi connectivity index (χ0) is 17.5. The lowest BCUT2D eigenvalue weighted by Gasteiger charge is -2.27. The molecule has 0 saturated carbocycles. The number of nitrogens with zero attached hydrogens (tertiary/aromatic N) is 4. The SMILES string of the molecule is Cc1cnccc1-c1nc2ncccn2c1C1CNc2ccccc2O1. The van der Waals surface area contributed by atoms with Crippen LogP contribution < -0.4 is 10.1 Å². The van der Waals surface area contributed by atoms with Crippen LogP contribution in [0.3, 0.4) is 0 Å². The molecular weight excluding hydrogens is 326 g/mol. The highest BCUT2D eigenvalue weighted by molar-refractivity contribution is 5.69. The molecule has 1 aliphatic heterocycles. The second-order valence-corrected chi connectivity index (χ2v) is 6.31. The minimum absolute atomic E-state index is 0.174. The van der Waals surface area contributed by atoms with E-state index in [1.54, 1.807) is 12.4 Å². The maximum atomic E-state index is 6.32. The Labute approximate surface area is 150 Å². The first kappa shape index (κ1) is 14.9. The number of pyridine rings is 1. The van der Waals surface area contributed by atoms with Gasteiger partial charge in [-0.25, -0.2) is 9.97 Å². The van der Waals surface area contributed by atoms with Crippen LogP contribution in [0.4, 0.5) is 5.69 Å². The van der Waals surface area contributed by atoms with Crippen LogP contribution >= 0.6 is 0 Å². The molecule has 5 rings (SSSR count). The van der Waals surface area contributed by atoms with E-state index in [4.69, 9.17) is 9.72 Å². The van der Waals surface area contributed by atoms with Crippen molar-refractivity contribution >= 4 is 11.5 Å². The summed E-state index contributed by atoms with van der Waals surface area (Å²) in [4.78, 5) is 13.4. The van der Waals surface area contributed by atoms with Gasteiger partial charge in [0, 0.05) is 30.4 Å².